The Hall–Kier alpha value is -1.03. The maximum atomic E-state index is 11.4. The van der Waals surface area contributed by atoms with Crippen LogP contribution in [0, 0.1) is 11.3 Å². The topological polar surface area (TPSA) is 57.8 Å². The number of halogens is 1. The van der Waals surface area contributed by atoms with Gasteiger partial charge in [-0.15, -0.1) is 0 Å². The average Bonchev–Trinajstić information content (AvgIpc) is 2.79. The minimum atomic E-state index is -0.288. The minimum absolute atomic E-state index is 0.153. The minimum Gasteiger partial charge on any atom is -0.368 e. The van der Waals surface area contributed by atoms with E-state index < -0.39 is 0 Å². The van der Waals surface area contributed by atoms with Gasteiger partial charge in [0.1, 0.15) is 5.02 Å². The fourth-order valence-electron chi connectivity index (χ4n) is 3.22. The highest BCUT2D eigenvalue weighted by Crippen LogP contribution is 2.43. The van der Waals surface area contributed by atoms with Crippen LogP contribution in [-0.4, -0.2) is 16.5 Å². The van der Waals surface area contributed by atoms with Crippen LogP contribution in [-0.2, 0) is 0 Å². The molecule has 0 bridgehead atoms. The fraction of sp³-hybridized carbons (Fsp3) is 0.714. The summed E-state index contributed by atoms with van der Waals surface area (Å²) in [4.78, 5) is 18.0. The van der Waals surface area contributed by atoms with Crippen molar-refractivity contribution >= 4 is 17.4 Å². The second kappa shape index (κ2) is 5.95. The van der Waals surface area contributed by atoms with Crippen molar-refractivity contribution in [3.8, 4) is 0 Å². The molecule has 5 heteroatoms. The van der Waals surface area contributed by atoms with Gasteiger partial charge in [0.15, 0.2) is 5.82 Å². The SMILES string of the molecule is CC(C)CC1(CNc2nc[nH]c(=O)c2Cl)CCCC1. The second-order valence-corrected chi connectivity index (χ2v) is 6.43. The summed E-state index contributed by atoms with van der Waals surface area (Å²) in [5.74, 6) is 1.18. The molecule has 0 saturated heterocycles. The van der Waals surface area contributed by atoms with E-state index in [-0.39, 0.29) is 10.6 Å². The fourth-order valence-corrected chi connectivity index (χ4v) is 3.39. The van der Waals surface area contributed by atoms with Gasteiger partial charge in [0.05, 0.1) is 6.33 Å². The molecule has 19 heavy (non-hydrogen) atoms. The molecule has 1 aliphatic carbocycles. The summed E-state index contributed by atoms with van der Waals surface area (Å²) in [5.41, 5.74) is 0.0467. The standard InChI is InChI=1S/C14H22ClN3O/c1-10(2)7-14(5-3-4-6-14)8-16-12-11(15)13(19)18-9-17-12/h9-10H,3-8H2,1-2H3,(H2,16,17,18,19). The molecular formula is C14H22ClN3O. The van der Waals surface area contributed by atoms with Gasteiger partial charge in [-0.3, -0.25) is 4.79 Å². The number of aromatic nitrogens is 2. The first-order valence-corrected chi connectivity index (χ1v) is 7.37. The van der Waals surface area contributed by atoms with Crippen molar-refractivity contribution in [2.24, 2.45) is 11.3 Å². The molecule has 1 aromatic heterocycles. The lowest BCUT2D eigenvalue weighted by molar-refractivity contribution is 0.252. The van der Waals surface area contributed by atoms with E-state index in [2.05, 4.69) is 29.1 Å². The third-order valence-corrected chi connectivity index (χ3v) is 4.28. The predicted molar refractivity (Wildman–Crippen MR) is 78.7 cm³/mol. The van der Waals surface area contributed by atoms with Crippen LogP contribution in [0.1, 0.15) is 46.0 Å². The largest absolute Gasteiger partial charge is 0.368 e. The maximum absolute atomic E-state index is 11.4. The highest BCUT2D eigenvalue weighted by atomic mass is 35.5. The van der Waals surface area contributed by atoms with Crippen LogP contribution in [0.15, 0.2) is 11.1 Å². The Morgan fingerprint density at radius 1 is 1.47 bits per heavy atom. The summed E-state index contributed by atoms with van der Waals surface area (Å²) in [6, 6.07) is 0. The lowest BCUT2D eigenvalue weighted by Crippen LogP contribution is -2.29. The van der Waals surface area contributed by atoms with E-state index in [1.54, 1.807) is 0 Å². The molecule has 0 spiro atoms. The molecule has 106 valence electrons. The van der Waals surface area contributed by atoms with E-state index >= 15 is 0 Å². The molecule has 1 heterocycles. The van der Waals surface area contributed by atoms with E-state index in [9.17, 15) is 4.79 Å². The Balaban J connectivity index is 2.07. The number of H-pyrrole nitrogens is 1. The number of nitrogens with one attached hydrogen (secondary N) is 2. The van der Waals surface area contributed by atoms with E-state index in [1.807, 2.05) is 0 Å². The van der Waals surface area contributed by atoms with E-state index in [0.717, 1.165) is 6.54 Å². The summed E-state index contributed by atoms with van der Waals surface area (Å²) in [5, 5.41) is 3.43. The van der Waals surface area contributed by atoms with Gasteiger partial charge in [-0.25, -0.2) is 4.98 Å². The van der Waals surface area contributed by atoms with Crippen molar-refractivity contribution in [2.45, 2.75) is 46.0 Å². The third kappa shape index (κ3) is 3.50. The van der Waals surface area contributed by atoms with Crippen molar-refractivity contribution in [3.05, 3.63) is 21.7 Å². The molecule has 1 aromatic rings. The Morgan fingerprint density at radius 2 is 2.16 bits per heavy atom. The van der Waals surface area contributed by atoms with Crippen LogP contribution in [0.3, 0.4) is 0 Å². The summed E-state index contributed by atoms with van der Waals surface area (Å²) in [7, 11) is 0. The summed E-state index contributed by atoms with van der Waals surface area (Å²) >= 11 is 5.96. The van der Waals surface area contributed by atoms with Gasteiger partial charge in [0.2, 0.25) is 0 Å². The molecule has 1 aliphatic rings. The van der Waals surface area contributed by atoms with Crippen LogP contribution in [0.25, 0.3) is 0 Å². The highest BCUT2D eigenvalue weighted by Gasteiger charge is 2.34. The van der Waals surface area contributed by atoms with Crippen molar-refractivity contribution in [1.29, 1.82) is 0 Å². The van der Waals surface area contributed by atoms with Gasteiger partial charge in [0.25, 0.3) is 5.56 Å². The van der Waals surface area contributed by atoms with Crippen LogP contribution >= 0.6 is 11.6 Å². The van der Waals surface area contributed by atoms with Crippen molar-refractivity contribution in [2.75, 3.05) is 11.9 Å². The molecule has 2 rings (SSSR count). The molecule has 1 saturated carbocycles. The van der Waals surface area contributed by atoms with Gasteiger partial charge < -0.3 is 10.3 Å². The Morgan fingerprint density at radius 3 is 2.79 bits per heavy atom. The summed E-state index contributed by atoms with van der Waals surface area (Å²) < 4.78 is 0. The lowest BCUT2D eigenvalue weighted by atomic mass is 9.78. The molecule has 0 aliphatic heterocycles. The summed E-state index contributed by atoms with van der Waals surface area (Å²) in [6.45, 7) is 5.37. The number of nitrogens with zero attached hydrogens (tertiary/aromatic N) is 1. The first-order chi connectivity index (χ1) is 9.02. The van der Waals surface area contributed by atoms with Crippen LogP contribution < -0.4 is 10.9 Å². The van der Waals surface area contributed by atoms with Gasteiger partial charge in [-0.05, 0) is 30.6 Å². The van der Waals surface area contributed by atoms with Crippen LogP contribution in [0.2, 0.25) is 5.02 Å². The van der Waals surface area contributed by atoms with Gasteiger partial charge in [-0.2, -0.15) is 0 Å². The second-order valence-electron chi connectivity index (χ2n) is 6.05. The molecule has 0 aromatic carbocycles. The van der Waals surface area contributed by atoms with Gasteiger partial charge in [-0.1, -0.05) is 38.3 Å². The Bertz CT molecular complexity index is 478. The Labute approximate surface area is 119 Å². The molecule has 0 unspecified atom stereocenters. The molecule has 0 amide bonds. The van der Waals surface area contributed by atoms with Crippen molar-refractivity contribution in [3.63, 3.8) is 0 Å². The lowest BCUT2D eigenvalue weighted by Gasteiger charge is -2.31. The zero-order valence-corrected chi connectivity index (χ0v) is 12.4. The van der Waals surface area contributed by atoms with Crippen molar-refractivity contribution in [1.82, 2.24) is 9.97 Å². The number of anilines is 1. The van der Waals surface area contributed by atoms with Gasteiger partial charge >= 0.3 is 0 Å². The normalized spacial score (nSPS) is 17.9. The molecule has 4 nitrogen and oxygen atoms in total. The van der Waals surface area contributed by atoms with E-state index in [4.69, 9.17) is 11.6 Å². The van der Waals surface area contributed by atoms with E-state index in [1.165, 1.54) is 38.4 Å². The first-order valence-electron chi connectivity index (χ1n) is 6.99. The number of hydrogen-bond donors (Lipinski definition) is 2. The molecular weight excluding hydrogens is 262 g/mol. The highest BCUT2D eigenvalue weighted by molar-refractivity contribution is 6.32. The monoisotopic (exact) mass is 283 g/mol. The van der Waals surface area contributed by atoms with Crippen LogP contribution in [0.5, 0.6) is 0 Å². The number of hydrogen-bond acceptors (Lipinski definition) is 3. The predicted octanol–water partition coefficient (Wildman–Crippen LogP) is 3.44. The molecule has 0 atom stereocenters. The smallest absolute Gasteiger partial charge is 0.271 e. The summed E-state index contributed by atoms with van der Waals surface area (Å²) in [6.07, 6.45) is 7.69. The van der Waals surface area contributed by atoms with Crippen molar-refractivity contribution < 1.29 is 0 Å². The number of rotatable bonds is 5. The zero-order chi connectivity index (χ0) is 13.9. The third-order valence-electron chi connectivity index (χ3n) is 3.93. The Kier molecular flexibility index (Phi) is 4.50. The van der Waals surface area contributed by atoms with Crippen LogP contribution in [0.4, 0.5) is 5.82 Å². The molecule has 1 fully saturated rings. The first kappa shape index (κ1) is 14.4. The average molecular weight is 284 g/mol. The maximum Gasteiger partial charge on any atom is 0.271 e. The number of aromatic amines is 1. The van der Waals surface area contributed by atoms with Gasteiger partial charge in [0, 0.05) is 6.54 Å². The molecule has 0 radical (unpaired) electrons. The zero-order valence-electron chi connectivity index (χ0n) is 11.6. The quantitative estimate of drug-likeness (QED) is 0.870. The van der Waals surface area contributed by atoms with E-state index in [0.29, 0.717) is 17.2 Å². The molecule has 2 N–H and O–H groups in total.